The molecule has 0 bridgehead atoms. The number of nitrogens with one attached hydrogen (secondary N) is 1. The van der Waals surface area contributed by atoms with Gasteiger partial charge in [-0.3, -0.25) is 9.59 Å². The number of H-pyrrole nitrogens is 1. The number of aromatic nitrogens is 2. The Labute approximate surface area is 155 Å². The van der Waals surface area contributed by atoms with Crippen molar-refractivity contribution in [1.29, 1.82) is 0 Å². The molecular weight excluding hydrogens is 346 g/mol. The van der Waals surface area contributed by atoms with E-state index >= 15 is 0 Å². The molecular formula is C20H19N3O4. The van der Waals surface area contributed by atoms with Crippen LogP contribution >= 0.6 is 0 Å². The molecule has 0 unspecified atom stereocenters. The number of amides is 1. The summed E-state index contributed by atoms with van der Waals surface area (Å²) in [5.74, 6) is 1.04. The van der Waals surface area contributed by atoms with Crippen LogP contribution < -0.4 is 10.3 Å². The summed E-state index contributed by atoms with van der Waals surface area (Å²) in [5.41, 5.74) is 2.77. The van der Waals surface area contributed by atoms with Gasteiger partial charge in [-0.05, 0) is 31.5 Å². The summed E-state index contributed by atoms with van der Waals surface area (Å²) in [4.78, 5) is 33.2. The third-order valence-corrected chi connectivity index (χ3v) is 4.66. The molecule has 0 aliphatic carbocycles. The monoisotopic (exact) mass is 365 g/mol. The predicted molar refractivity (Wildman–Crippen MR) is 97.5 cm³/mol. The molecule has 0 radical (unpaired) electrons. The second-order valence-corrected chi connectivity index (χ2v) is 6.49. The number of carbonyl (C=O) groups excluding carboxylic acids is 1. The van der Waals surface area contributed by atoms with E-state index in [9.17, 15) is 9.59 Å². The van der Waals surface area contributed by atoms with E-state index in [1.807, 2.05) is 31.2 Å². The number of aromatic amines is 1. The summed E-state index contributed by atoms with van der Waals surface area (Å²) in [7, 11) is 0. The highest BCUT2D eigenvalue weighted by molar-refractivity contribution is 5.95. The van der Waals surface area contributed by atoms with Crippen LogP contribution in [0.25, 0.3) is 0 Å². The van der Waals surface area contributed by atoms with Crippen molar-refractivity contribution in [3.63, 3.8) is 0 Å². The van der Waals surface area contributed by atoms with Crippen molar-refractivity contribution >= 4 is 5.91 Å². The molecule has 1 aliphatic heterocycles. The van der Waals surface area contributed by atoms with Gasteiger partial charge in [-0.15, -0.1) is 0 Å². The van der Waals surface area contributed by atoms with Crippen LogP contribution in [0.1, 0.15) is 32.9 Å². The molecule has 7 heteroatoms. The number of hydrogen-bond donors (Lipinski definition) is 1. The van der Waals surface area contributed by atoms with Crippen molar-refractivity contribution in [3.05, 3.63) is 81.4 Å². The molecule has 1 aliphatic rings. The van der Waals surface area contributed by atoms with Gasteiger partial charge in [0.1, 0.15) is 12.4 Å². The Morgan fingerprint density at radius 1 is 1.30 bits per heavy atom. The van der Waals surface area contributed by atoms with Crippen molar-refractivity contribution in [2.24, 2.45) is 0 Å². The zero-order valence-corrected chi connectivity index (χ0v) is 14.9. The van der Waals surface area contributed by atoms with Crippen LogP contribution in [0.4, 0.5) is 0 Å². The highest BCUT2D eigenvalue weighted by Crippen LogP contribution is 2.21. The first kappa shape index (κ1) is 17.1. The molecule has 0 atom stereocenters. The predicted octanol–water partition coefficient (Wildman–Crippen LogP) is 2.45. The van der Waals surface area contributed by atoms with Crippen LogP contribution in [-0.2, 0) is 19.6 Å². The number of aryl methyl sites for hydroxylation is 1. The summed E-state index contributed by atoms with van der Waals surface area (Å²) in [6.07, 6.45) is 3.34. The first-order chi connectivity index (χ1) is 13.1. The molecule has 2 aromatic heterocycles. The lowest BCUT2D eigenvalue weighted by molar-refractivity contribution is 0.0726. The van der Waals surface area contributed by atoms with Gasteiger partial charge in [-0.1, -0.05) is 17.7 Å². The smallest absolute Gasteiger partial charge is 0.257 e. The fourth-order valence-corrected chi connectivity index (χ4v) is 3.14. The summed E-state index contributed by atoms with van der Waals surface area (Å²) >= 11 is 0. The van der Waals surface area contributed by atoms with Crippen molar-refractivity contribution in [2.45, 2.75) is 26.5 Å². The van der Waals surface area contributed by atoms with Gasteiger partial charge in [0.15, 0.2) is 5.76 Å². The maximum atomic E-state index is 12.9. The maximum Gasteiger partial charge on any atom is 0.257 e. The average Bonchev–Trinajstić information content (AvgIpc) is 3.15. The lowest BCUT2D eigenvalue weighted by atomic mass is 10.1. The second kappa shape index (κ2) is 7.11. The third kappa shape index (κ3) is 3.48. The number of benzene rings is 1. The van der Waals surface area contributed by atoms with Gasteiger partial charge in [-0.2, -0.15) is 0 Å². The minimum absolute atomic E-state index is 0.136. The topological polar surface area (TPSA) is 88.4 Å². The molecule has 1 N–H and O–H groups in total. The Morgan fingerprint density at radius 3 is 2.93 bits per heavy atom. The molecule has 0 fully saturated rings. The summed E-state index contributed by atoms with van der Waals surface area (Å²) in [6, 6.07) is 9.33. The molecule has 0 spiro atoms. The van der Waals surface area contributed by atoms with Gasteiger partial charge in [0, 0.05) is 12.1 Å². The second-order valence-electron chi connectivity index (χ2n) is 6.49. The number of fused-ring (bicyclic) bond motifs is 1. The van der Waals surface area contributed by atoms with Gasteiger partial charge in [0.25, 0.3) is 11.5 Å². The largest absolute Gasteiger partial charge is 0.486 e. The number of rotatable bonds is 4. The van der Waals surface area contributed by atoms with Gasteiger partial charge >= 0.3 is 0 Å². The number of carbonyl (C=O) groups is 1. The van der Waals surface area contributed by atoms with Gasteiger partial charge in [-0.25, -0.2) is 4.98 Å². The van der Waals surface area contributed by atoms with Gasteiger partial charge in [0.2, 0.25) is 0 Å². The molecule has 1 amide bonds. The van der Waals surface area contributed by atoms with Crippen LogP contribution in [0.3, 0.4) is 0 Å². The molecule has 138 valence electrons. The van der Waals surface area contributed by atoms with E-state index < -0.39 is 0 Å². The van der Waals surface area contributed by atoms with Crippen LogP contribution in [-0.4, -0.2) is 27.3 Å². The Bertz CT molecular complexity index is 1020. The standard InChI is InChI=1S/C20H19N3O4/c1-13-2-4-14(5-3-13)27-11-18-16(7-9-26-18)20(25)23-8-6-15-17(10-23)21-12-22-19(15)24/h2-5,7,9,12H,6,8,10-11H2,1H3,(H,21,22,24). The fraction of sp³-hybridized carbons (Fsp3) is 0.250. The summed E-state index contributed by atoms with van der Waals surface area (Å²) < 4.78 is 11.2. The first-order valence-electron chi connectivity index (χ1n) is 8.72. The Morgan fingerprint density at radius 2 is 2.11 bits per heavy atom. The van der Waals surface area contributed by atoms with Gasteiger partial charge in [0.05, 0.1) is 30.4 Å². The molecule has 3 aromatic rings. The number of furan rings is 1. The fourth-order valence-electron chi connectivity index (χ4n) is 3.14. The molecule has 7 nitrogen and oxygen atoms in total. The normalized spacial score (nSPS) is 13.3. The summed E-state index contributed by atoms with van der Waals surface area (Å²) in [5, 5.41) is 0. The Kier molecular flexibility index (Phi) is 4.50. The van der Waals surface area contributed by atoms with Crippen molar-refractivity contribution in [3.8, 4) is 5.75 Å². The van der Waals surface area contributed by atoms with E-state index in [-0.39, 0.29) is 18.1 Å². The number of nitrogens with zero attached hydrogens (tertiary/aromatic N) is 2. The molecule has 27 heavy (non-hydrogen) atoms. The molecule has 4 rings (SSSR count). The maximum absolute atomic E-state index is 12.9. The van der Waals surface area contributed by atoms with Gasteiger partial charge < -0.3 is 19.0 Å². The van der Waals surface area contributed by atoms with E-state index in [2.05, 4.69) is 9.97 Å². The highest BCUT2D eigenvalue weighted by Gasteiger charge is 2.27. The van der Waals surface area contributed by atoms with Crippen molar-refractivity contribution < 1.29 is 13.9 Å². The zero-order chi connectivity index (χ0) is 18.8. The Hall–Kier alpha value is -3.35. The van der Waals surface area contributed by atoms with E-state index in [1.165, 1.54) is 12.6 Å². The van der Waals surface area contributed by atoms with Crippen LogP contribution in [0.15, 0.2) is 52.1 Å². The number of hydrogen-bond acceptors (Lipinski definition) is 5. The average molecular weight is 365 g/mol. The number of ether oxygens (including phenoxy) is 1. The Balaban J connectivity index is 1.48. The van der Waals surface area contributed by atoms with E-state index in [0.717, 1.165) is 5.56 Å². The van der Waals surface area contributed by atoms with E-state index in [0.29, 0.717) is 47.8 Å². The van der Waals surface area contributed by atoms with Crippen molar-refractivity contribution in [1.82, 2.24) is 14.9 Å². The summed E-state index contributed by atoms with van der Waals surface area (Å²) in [6.45, 7) is 2.94. The van der Waals surface area contributed by atoms with Crippen LogP contribution in [0.5, 0.6) is 5.75 Å². The third-order valence-electron chi connectivity index (χ3n) is 4.66. The van der Waals surface area contributed by atoms with Crippen LogP contribution in [0, 0.1) is 6.92 Å². The molecule has 1 aromatic carbocycles. The molecule has 0 saturated carbocycles. The SMILES string of the molecule is Cc1ccc(OCc2occc2C(=O)N2CCc3c(nc[nH]c3=O)C2)cc1. The zero-order valence-electron chi connectivity index (χ0n) is 14.9. The molecule has 3 heterocycles. The lowest BCUT2D eigenvalue weighted by Gasteiger charge is -2.27. The first-order valence-corrected chi connectivity index (χ1v) is 8.72. The minimum Gasteiger partial charge on any atom is -0.486 e. The molecule has 0 saturated heterocycles. The van der Waals surface area contributed by atoms with E-state index in [4.69, 9.17) is 9.15 Å². The van der Waals surface area contributed by atoms with Crippen molar-refractivity contribution in [2.75, 3.05) is 6.54 Å². The minimum atomic E-state index is -0.154. The quantitative estimate of drug-likeness (QED) is 0.767. The lowest BCUT2D eigenvalue weighted by Crippen LogP contribution is -2.39. The van der Waals surface area contributed by atoms with Crippen LogP contribution in [0.2, 0.25) is 0 Å². The highest BCUT2D eigenvalue weighted by atomic mass is 16.5. The van der Waals surface area contributed by atoms with E-state index in [1.54, 1.807) is 11.0 Å².